The van der Waals surface area contributed by atoms with Gasteiger partial charge in [-0.05, 0) is 60.4 Å². The normalized spacial score (nSPS) is 24.6. The first-order chi connectivity index (χ1) is 10.8. The molecule has 1 unspecified atom stereocenters. The van der Waals surface area contributed by atoms with Gasteiger partial charge in [0.25, 0.3) is 0 Å². The molecule has 0 N–H and O–H groups in total. The molecule has 2 atom stereocenters. The van der Waals surface area contributed by atoms with Gasteiger partial charge >= 0.3 is 0 Å². The zero-order chi connectivity index (χ0) is 14.9. The fourth-order valence-electron chi connectivity index (χ4n) is 4.12. The predicted octanol–water partition coefficient (Wildman–Crippen LogP) is 4.72. The van der Waals surface area contributed by atoms with Crippen LogP contribution in [0.2, 0.25) is 5.02 Å². The number of halogens is 1. The van der Waals surface area contributed by atoms with Gasteiger partial charge in [0.1, 0.15) is 0 Å². The highest BCUT2D eigenvalue weighted by molar-refractivity contribution is 6.30. The number of fused-ring (bicyclic) bond motifs is 2. The average molecular weight is 312 g/mol. The molecule has 0 spiro atoms. The highest BCUT2D eigenvalue weighted by atomic mass is 35.5. The standard InChI is InChI=1S/C20H22ClN/c21-19-8-5-15(6-9-19)13-22-14-16-7-10-20(22)12-18-4-2-1-3-17(18)11-16/h1-6,8-9,16,20H,7,10-14H2/t16?,20-/m1/s1. The van der Waals surface area contributed by atoms with Gasteiger partial charge in [-0.25, -0.2) is 0 Å². The summed E-state index contributed by atoms with van der Waals surface area (Å²) in [6.07, 6.45) is 5.18. The van der Waals surface area contributed by atoms with Gasteiger partial charge in [0.2, 0.25) is 0 Å². The molecule has 2 heterocycles. The number of hydrogen-bond donors (Lipinski definition) is 0. The molecular weight excluding hydrogens is 290 g/mol. The van der Waals surface area contributed by atoms with Crippen LogP contribution < -0.4 is 0 Å². The summed E-state index contributed by atoms with van der Waals surface area (Å²) in [6, 6.07) is 18.1. The van der Waals surface area contributed by atoms with Gasteiger partial charge in [-0.15, -0.1) is 0 Å². The molecule has 22 heavy (non-hydrogen) atoms. The van der Waals surface area contributed by atoms with Crippen LogP contribution in [-0.2, 0) is 19.4 Å². The molecule has 5 rings (SSSR count). The van der Waals surface area contributed by atoms with E-state index in [4.69, 9.17) is 11.6 Å². The zero-order valence-corrected chi connectivity index (χ0v) is 13.6. The van der Waals surface area contributed by atoms with Crippen molar-refractivity contribution in [3.05, 3.63) is 70.2 Å². The van der Waals surface area contributed by atoms with Gasteiger partial charge in [0.15, 0.2) is 0 Å². The predicted molar refractivity (Wildman–Crippen MR) is 92.2 cm³/mol. The summed E-state index contributed by atoms with van der Waals surface area (Å²) < 4.78 is 0. The van der Waals surface area contributed by atoms with Gasteiger partial charge in [0, 0.05) is 24.2 Å². The molecule has 2 aromatic rings. The van der Waals surface area contributed by atoms with Gasteiger partial charge in [-0.2, -0.15) is 0 Å². The van der Waals surface area contributed by atoms with E-state index in [0.717, 1.165) is 17.5 Å². The molecule has 2 heteroatoms. The molecule has 1 fully saturated rings. The quantitative estimate of drug-likeness (QED) is 0.775. The average Bonchev–Trinajstić information content (AvgIpc) is 2.50. The van der Waals surface area contributed by atoms with Crippen molar-refractivity contribution < 1.29 is 0 Å². The van der Waals surface area contributed by atoms with Crippen LogP contribution in [0.4, 0.5) is 0 Å². The molecule has 0 radical (unpaired) electrons. The first-order valence-corrected chi connectivity index (χ1v) is 8.71. The van der Waals surface area contributed by atoms with Crippen molar-refractivity contribution >= 4 is 11.6 Å². The fourth-order valence-corrected chi connectivity index (χ4v) is 4.25. The molecule has 0 aromatic heterocycles. The molecule has 3 aliphatic rings. The van der Waals surface area contributed by atoms with Crippen LogP contribution >= 0.6 is 11.6 Å². The lowest BCUT2D eigenvalue weighted by atomic mass is 9.80. The topological polar surface area (TPSA) is 3.24 Å². The second kappa shape index (κ2) is 6.06. The Morgan fingerprint density at radius 2 is 1.64 bits per heavy atom. The zero-order valence-electron chi connectivity index (χ0n) is 12.8. The monoisotopic (exact) mass is 311 g/mol. The summed E-state index contributed by atoms with van der Waals surface area (Å²) in [4.78, 5) is 2.70. The van der Waals surface area contributed by atoms with Gasteiger partial charge < -0.3 is 0 Å². The Morgan fingerprint density at radius 1 is 0.909 bits per heavy atom. The maximum absolute atomic E-state index is 6.01. The Kier molecular flexibility index (Phi) is 3.94. The van der Waals surface area contributed by atoms with E-state index in [9.17, 15) is 0 Å². The summed E-state index contributed by atoms with van der Waals surface area (Å²) in [5.74, 6) is 0.810. The molecule has 1 nitrogen and oxygen atoms in total. The van der Waals surface area contributed by atoms with Crippen LogP contribution in [0.15, 0.2) is 48.5 Å². The molecule has 0 saturated carbocycles. The molecule has 1 saturated heterocycles. The summed E-state index contributed by atoms with van der Waals surface area (Å²) in [5, 5.41) is 0.826. The van der Waals surface area contributed by atoms with Gasteiger partial charge in [-0.1, -0.05) is 48.0 Å². The third-order valence-corrected chi connectivity index (χ3v) is 5.55. The van der Waals surface area contributed by atoms with E-state index in [0.29, 0.717) is 6.04 Å². The summed E-state index contributed by atoms with van der Waals surface area (Å²) in [6.45, 7) is 2.29. The van der Waals surface area contributed by atoms with E-state index in [1.165, 1.54) is 37.8 Å². The number of nitrogens with zero attached hydrogens (tertiary/aromatic N) is 1. The first kappa shape index (κ1) is 14.3. The summed E-state index contributed by atoms with van der Waals surface area (Å²) >= 11 is 6.01. The van der Waals surface area contributed by atoms with Crippen LogP contribution in [0.3, 0.4) is 0 Å². The first-order valence-electron chi connectivity index (χ1n) is 8.33. The van der Waals surface area contributed by atoms with Crippen LogP contribution in [0.25, 0.3) is 0 Å². The van der Waals surface area contributed by atoms with Crippen molar-refractivity contribution in [1.82, 2.24) is 4.90 Å². The third-order valence-electron chi connectivity index (χ3n) is 5.30. The minimum atomic E-state index is 0.688. The van der Waals surface area contributed by atoms with Crippen LogP contribution in [0, 0.1) is 5.92 Å². The number of hydrogen-bond acceptors (Lipinski definition) is 1. The summed E-state index contributed by atoms with van der Waals surface area (Å²) in [7, 11) is 0. The van der Waals surface area contributed by atoms with Crippen LogP contribution in [0.1, 0.15) is 29.5 Å². The highest BCUT2D eigenvalue weighted by Crippen LogP contribution is 2.33. The SMILES string of the molecule is Clc1ccc(CN2CC3CC[C@@H]2Cc2ccccc2C3)cc1. The van der Waals surface area contributed by atoms with Crippen molar-refractivity contribution in [2.45, 2.75) is 38.3 Å². The molecular formula is C20H22ClN. The van der Waals surface area contributed by atoms with E-state index in [-0.39, 0.29) is 0 Å². The lowest BCUT2D eigenvalue weighted by Gasteiger charge is -2.42. The minimum Gasteiger partial charge on any atom is -0.296 e. The maximum atomic E-state index is 6.01. The number of piperidine rings is 1. The van der Waals surface area contributed by atoms with E-state index in [1.54, 1.807) is 11.1 Å². The van der Waals surface area contributed by atoms with E-state index < -0.39 is 0 Å². The van der Waals surface area contributed by atoms with Crippen molar-refractivity contribution in [3.63, 3.8) is 0 Å². The van der Waals surface area contributed by atoms with E-state index in [2.05, 4.69) is 41.3 Å². The smallest absolute Gasteiger partial charge is 0.0406 e. The largest absolute Gasteiger partial charge is 0.296 e. The Labute approximate surface area is 137 Å². The second-order valence-electron chi connectivity index (χ2n) is 6.83. The van der Waals surface area contributed by atoms with Gasteiger partial charge in [-0.3, -0.25) is 4.90 Å². The Balaban J connectivity index is 1.57. The summed E-state index contributed by atoms with van der Waals surface area (Å²) in [5.41, 5.74) is 4.53. The maximum Gasteiger partial charge on any atom is 0.0406 e. The van der Waals surface area contributed by atoms with Crippen molar-refractivity contribution in [2.24, 2.45) is 5.92 Å². The molecule has 114 valence electrons. The molecule has 0 amide bonds. The lowest BCUT2D eigenvalue weighted by molar-refractivity contribution is 0.0938. The lowest BCUT2D eigenvalue weighted by Crippen LogP contribution is -2.46. The molecule has 2 bridgehead atoms. The molecule has 2 aromatic carbocycles. The van der Waals surface area contributed by atoms with E-state index in [1.807, 2.05) is 12.1 Å². The van der Waals surface area contributed by atoms with Crippen LogP contribution in [0.5, 0.6) is 0 Å². The Bertz CT molecular complexity index is 649. The van der Waals surface area contributed by atoms with Crippen molar-refractivity contribution in [3.8, 4) is 0 Å². The third kappa shape index (κ3) is 2.93. The molecule has 1 aliphatic carbocycles. The minimum absolute atomic E-state index is 0.688. The number of rotatable bonds is 2. The highest BCUT2D eigenvalue weighted by Gasteiger charge is 2.31. The number of benzene rings is 2. The van der Waals surface area contributed by atoms with Crippen molar-refractivity contribution in [2.75, 3.05) is 6.54 Å². The van der Waals surface area contributed by atoms with Crippen LogP contribution in [-0.4, -0.2) is 17.5 Å². The van der Waals surface area contributed by atoms with Crippen molar-refractivity contribution in [1.29, 1.82) is 0 Å². The Morgan fingerprint density at radius 3 is 2.41 bits per heavy atom. The fraction of sp³-hybridized carbons (Fsp3) is 0.400. The molecule has 2 aliphatic heterocycles. The van der Waals surface area contributed by atoms with Gasteiger partial charge in [0.05, 0.1) is 0 Å². The van der Waals surface area contributed by atoms with E-state index >= 15 is 0 Å². The Hall–Kier alpha value is -1.31. The second-order valence-corrected chi connectivity index (χ2v) is 7.27.